The molecule has 1 aromatic heterocycles. The summed E-state index contributed by atoms with van der Waals surface area (Å²) in [6.07, 6.45) is 0.456. The normalized spacial score (nSPS) is 16.9. The van der Waals surface area contributed by atoms with Crippen molar-refractivity contribution in [3.8, 4) is 11.5 Å². The van der Waals surface area contributed by atoms with Crippen molar-refractivity contribution in [3.05, 3.63) is 82.5 Å². The second-order valence-corrected chi connectivity index (χ2v) is 10.3. The van der Waals surface area contributed by atoms with Crippen LogP contribution in [0.25, 0.3) is 10.9 Å². The van der Waals surface area contributed by atoms with Gasteiger partial charge >= 0.3 is 0 Å². The summed E-state index contributed by atoms with van der Waals surface area (Å²) < 4.78 is 40.5. The van der Waals surface area contributed by atoms with Crippen molar-refractivity contribution in [3.63, 3.8) is 0 Å². The minimum atomic E-state index is -2.83. The Hall–Kier alpha value is -4.18. The van der Waals surface area contributed by atoms with Crippen LogP contribution in [0.2, 0.25) is 0 Å². The maximum atomic E-state index is 13.8. The minimum absolute atomic E-state index is 0.0217. The lowest BCUT2D eigenvalue weighted by atomic mass is 9.96. The number of halogens is 2. The van der Waals surface area contributed by atoms with Gasteiger partial charge < -0.3 is 24.8 Å². The van der Waals surface area contributed by atoms with E-state index in [4.69, 9.17) is 9.47 Å². The van der Waals surface area contributed by atoms with Crippen molar-refractivity contribution in [2.45, 2.75) is 38.5 Å². The van der Waals surface area contributed by atoms with E-state index >= 15 is 0 Å². The molecule has 0 saturated carbocycles. The van der Waals surface area contributed by atoms with Gasteiger partial charge in [-0.2, -0.15) is 5.10 Å². The number of aromatic nitrogens is 2. The summed E-state index contributed by atoms with van der Waals surface area (Å²) in [6, 6.07) is 14.0. The summed E-state index contributed by atoms with van der Waals surface area (Å²) >= 11 is 0. The number of ether oxygens (including phenoxy) is 2. The van der Waals surface area contributed by atoms with Crippen molar-refractivity contribution in [1.82, 2.24) is 14.7 Å². The molecule has 2 aliphatic rings. The van der Waals surface area contributed by atoms with Crippen LogP contribution in [0.3, 0.4) is 0 Å². The first kappa shape index (κ1) is 26.1. The largest absolute Gasteiger partial charge is 0.507 e. The molecule has 1 atom stereocenters. The first-order valence-electron chi connectivity index (χ1n) is 13.3. The number of nitrogens with zero attached hydrogens (tertiary/aromatic N) is 3. The Balaban J connectivity index is 1.28. The highest BCUT2D eigenvalue weighted by atomic mass is 19.3. The van der Waals surface area contributed by atoms with Crippen LogP contribution < -0.4 is 10.1 Å². The monoisotopic (exact) mass is 548 g/mol. The number of anilines is 1. The Morgan fingerprint density at radius 3 is 2.92 bits per heavy atom. The molecule has 0 radical (unpaired) electrons. The third kappa shape index (κ3) is 5.06. The second-order valence-electron chi connectivity index (χ2n) is 10.3. The number of fused-ring (bicyclic) bond motifs is 2. The van der Waals surface area contributed by atoms with E-state index in [9.17, 15) is 18.7 Å². The molecule has 1 amide bonds. The molecule has 6 rings (SSSR count). The number of phenolic OH excluding ortho intramolecular Hbond substituents is 1. The van der Waals surface area contributed by atoms with Crippen LogP contribution in [-0.4, -0.2) is 51.5 Å². The Labute approximate surface area is 230 Å². The van der Waals surface area contributed by atoms with Gasteiger partial charge in [0.2, 0.25) is 0 Å². The lowest BCUT2D eigenvalue weighted by Gasteiger charge is -2.32. The molecule has 1 saturated heterocycles. The van der Waals surface area contributed by atoms with Gasteiger partial charge in [-0.15, -0.1) is 0 Å². The molecule has 2 aliphatic heterocycles. The number of hydrogen-bond acceptors (Lipinski definition) is 6. The molecule has 1 fully saturated rings. The fourth-order valence-corrected chi connectivity index (χ4v) is 5.43. The zero-order valence-electron chi connectivity index (χ0n) is 22.1. The van der Waals surface area contributed by atoms with Gasteiger partial charge in [-0.3, -0.25) is 9.48 Å². The van der Waals surface area contributed by atoms with E-state index in [-0.39, 0.29) is 24.0 Å². The molecule has 0 bridgehead atoms. The smallest absolute Gasteiger partial charge is 0.264 e. The second kappa shape index (κ2) is 10.8. The molecule has 3 heterocycles. The molecule has 4 aromatic rings. The van der Waals surface area contributed by atoms with Crippen LogP contribution in [0.1, 0.15) is 45.5 Å². The predicted octanol–water partition coefficient (Wildman–Crippen LogP) is 5.19. The molecule has 3 aromatic carbocycles. The molecule has 8 nitrogen and oxygen atoms in total. The van der Waals surface area contributed by atoms with Crippen LogP contribution in [0.5, 0.6) is 11.5 Å². The lowest BCUT2D eigenvalue weighted by Crippen LogP contribution is -2.37. The zero-order valence-corrected chi connectivity index (χ0v) is 22.1. The summed E-state index contributed by atoms with van der Waals surface area (Å²) in [4.78, 5) is 15.5. The molecule has 0 aliphatic carbocycles. The average Bonchev–Trinajstić information content (AvgIpc) is 3.60. The number of amides is 1. The van der Waals surface area contributed by atoms with Crippen molar-refractivity contribution in [2.75, 3.05) is 25.1 Å². The number of benzene rings is 3. The highest BCUT2D eigenvalue weighted by molar-refractivity contribution is 6.00. The van der Waals surface area contributed by atoms with E-state index in [1.165, 1.54) is 0 Å². The summed E-state index contributed by atoms with van der Waals surface area (Å²) in [5, 5.41) is 19.5. The van der Waals surface area contributed by atoms with Crippen molar-refractivity contribution in [1.29, 1.82) is 0 Å². The standard InChI is InChI=1S/C30H30F2N4O4/c1-35-25-11-18(5-6-20(25)14-33-35)16-40-27-13-21(29(31)32)12-26(37)28(27)30(38)36-9-7-19-3-2-4-24(23(19)15-36)34-22-8-10-39-17-22/h2-6,11-14,22,29,34,37H,7-10,15-17H2,1H3/t22-/m0/s1. The quantitative estimate of drug-likeness (QED) is 0.330. The maximum absolute atomic E-state index is 13.8. The molecule has 208 valence electrons. The first-order chi connectivity index (χ1) is 19.4. The fourth-order valence-electron chi connectivity index (χ4n) is 5.43. The first-order valence-corrected chi connectivity index (χ1v) is 13.3. The van der Waals surface area contributed by atoms with Gasteiger partial charge in [0.05, 0.1) is 24.4 Å². The average molecular weight is 549 g/mol. The number of hydrogen-bond donors (Lipinski definition) is 2. The third-order valence-electron chi connectivity index (χ3n) is 7.63. The number of rotatable bonds is 7. The minimum Gasteiger partial charge on any atom is -0.507 e. The highest BCUT2D eigenvalue weighted by Crippen LogP contribution is 2.37. The predicted molar refractivity (Wildman–Crippen MR) is 146 cm³/mol. The van der Waals surface area contributed by atoms with Gasteiger partial charge in [-0.1, -0.05) is 24.3 Å². The highest BCUT2D eigenvalue weighted by Gasteiger charge is 2.30. The topological polar surface area (TPSA) is 88.8 Å². The van der Waals surface area contributed by atoms with Gasteiger partial charge in [0.25, 0.3) is 12.3 Å². The molecule has 10 heteroatoms. The van der Waals surface area contributed by atoms with Crippen LogP contribution in [0.15, 0.2) is 54.7 Å². The maximum Gasteiger partial charge on any atom is 0.264 e. The van der Waals surface area contributed by atoms with E-state index in [1.54, 1.807) is 15.8 Å². The van der Waals surface area contributed by atoms with Gasteiger partial charge in [-0.05, 0) is 53.8 Å². The van der Waals surface area contributed by atoms with Gasteiger partial charge in [0.15, 0.2) is 0 Å². The molecule has 0 unspecified atom stereocenters. The number of phenols is 1. The summed E-state index contributed by atoms with van der Waals surface area (Å²) in [5.74, 6) is -1.08. The Kier molecular flexibility index (Phi) is 7.02. The van der Waals surface area contributed by atoms with E-state index in [2.05, 4.69) is 16.5 Å². The fraction of sp³-hybridized carbons (Fsp3) is 0.333. The third-order valence-corrected chi connectivity index (χ3v) is 7.63. The van der Waals surface area contributed by atoms with Crippen molar-refractivity contribution < 1.29 is 28.2 Å². The molecular formula is C30H30F2N4O4. The van der Waals surface area contributed by atoms with E-state index in [0.29, 0.717) is 32.7 Å². The Morgan fingerprint density at radius 1 is 1.25 bits per heavy atom. The van der Waals surface area contributed by atoms with Crippen molar-refractivity contribution in [2.24, 2.45) is 7.05 Å². The molecule has 2 N–H and O–H groups in total. The van der Waals surface area contributed by atoms with E-state index in [0.717, 1.165) is 51.8 Å². The van der Waals surface area contributed by atoms with Gasteiger partial charge in [0, 0.05) is 43.4 Å². The van der Waals surface area contributed by atoms with Gasteiger partial charge in [-0.25, -0.2) is 8.78 Å². The van der Waals surface area contributed by atoms with Gasteiger partial charge in [0.1, 0.15) is 23.7 Å². The number of carbonyl (C=O) groups excluding carboxylic acids is 1. The molecular weight excluding hydrogens is 518 g/mol. The summed E-state index contributed by atoms with van der Waals surface area (Å²) in [6.45, 7) is 2.11. The van der Waals surface area contributed by atoms with Crippen molar-refractivity contribution >= 4 is 22.5 Å². The van der Waals surface area contributed by atoms with Crippen LogP contribution >= 0.6 is 0 Å². The van der Waals surface area contributed by atoms with Crippen LogP contribution in [-0.2, 0) is 31.4 Å². The summed E-state index contributed by atoms with van der Waals surface area (Å²) in [5.41, 5.74) is 4.23. The number of aromatic hydroxyl groups is 1. The molecule has 40 heavy (non-hydrogen) atoms. The number of aryl methyl sites for hydroxylation is 1. The zero-order chi connectivity index (χ0) is 27.8. The SMILES string of the molecule is Cn1ncc2ccc(COc3cc(C(F)F)cc(O)c3C(=O)N3CCc4cccc(N[C@H]5CCOC5)c4C3)cc21. The van der Waals surface area contributed by atoms with Crippen LogP contribution in [0.4, 0.5) is 14.5 Å². The van der Waals surface area contributed by atoms with E-state index < -0.39 is 23.6 Å². The lowest BCUT2D eigenvalue weighted by molar-refractivity contribution is 0.0726. The number of nitrogens with one attached hydrogen (secondary N) is 1. The Bertz CT molecular complexity index is 1570. The van der Waals surface area contributed by atoms with E-state index in [1.807, 2.05) is 37.4 Å². The Morgan fingerprint density at radius 2 is 2.12 bits per heavy atom. The van der Waals surface area contributed by atoms with Crippen LogP contribution in [0, 0.1) is 0 Å². The number of carbonyl (C=O) groups is 1. The molecule has 0 spiro atoms. The number of alkyl halides is 2. The summed E-state index contributed by atoms with van der Waals surface area (Å²) in [7, 11) is 1.83.